The summed E-state index contributed by atoms with van der Waals surface area (Å²) in [7, 11) is 0. The first-order chi connectivity index (χ1) is 14.4. The van der Waals surface area contributed by atoms with Crippen molar-refractivity contribution in [3.05, 3.63) is 91.9 Å². The van der Waals surface area contributed by atoms with Gasteiger partial charge in [0.25, 0.3) is 0 Å². The molecule has 4 nitrogen and oxygen atoms in total. The van der Waals surface area contributed by atoms with Crippen molar-refractivity contribution in [1.82, 2.24) is 5.01 Å². The molecule has 7 heteroatoms. The fraction of sp³-hybridized carbons (Fsp3) is 0.174. The van der Waals surface area contributed by atoms with Gasteiger partial charge in [-0.2, -0.15) is 5.10 Å². The first-order valence-electron chi connectivity index (χ1n) is 9.47. The van der Waals surface area contributed by atoms with Crippen molar-refractivity contribution in [1.29, 1.82) is 0 Å². The van der Waals surface area contributed by atoms with E-state index in [1.165, 1.54) is 5.56 Å². The van der Waals surface area contributed by atoms with E-state index in [1.807, 2.05) is 11.1 Å². The molecule has 2 aliphatic heterocycles. The van der Waals surface area contributed by atoms with Gasteiger partial charge in [0.15, 0.2) is 0 Å². The molecule has 0 radical (unpaired) electrons. The Bertz CT molecular complexity index is 1180. The number of hydrogen-bond donors (Lipinski definition) is 1. The van der Waals surface area contributed by atoms with E-state index in [0.717, 1.165) is 16.8 Å². The molecule has 0 saturated carbocycles. The Labute approximate surface area is 189 Å². The van der Waals surface area contributed by atoms with Crippen LogP contribution < -0.4 is 4.74 Å². The Balaban J connectivity index is 1.66. The van der Waals surface area contributed by atoms with Crippen LogP contribution in [-0.2, 0) is 0 Å². The number of phenolic OH excluding ortho intramolecular Hbond substituents is 1. The third-order valence-electron chi connectivity index (χ3n) is 5.45. The van der Waals surface area contributed by atoms with Crippen molar-refractivity contribution in [2.45, 2.75) is 25.6 Å². The standard InChI is InChI=1S/C23H17Cl3N2O2/c1-12-2-4-13(5-3-12)19-11-20-16-9-15(25)10-18(26)22(16)30-23(28(20)27-19)17-8-14(24)6-7-21(17)29/h2-10,20,23,29H,11H2,1H3/t20-,23-/m1/s1. The van der Waals surface area contributed by atoms with E-state index in [-0.39, 0.29) is 11.8 Å². The van der Waals surface area contributed by atoms with Gasteiger partial charge >= 0.3 is 0 Å². The molecule has 2 atom stereocenters. The van der Waals surface area contributed by atoms with Gasteiger partial charge in [-0.25, -0.2) is 5.01 Å². The largest absolute Gasteiger partial charge is 0.507 e. The van der Waals surface area contributed by atoms with Crippen molar-refractivity contribution in [3.63, 3.8) is 0 Å². The van der Waals surface area contributed by atoms with Crippen LogP contribution in [0.3, 0.4) is 0 Å². The van der Waals surface area contributed by atoms with Crippen molar-refractivity contribution in [2.24, 2.45) is 5.10 Å². The molecule has 152 valence electrons. The third-order valence-corrected chi connectivity index (χ3v) is 6.18. The summed E-state index contributed by atoms with van der Waals surface area (Å²) >= 11 is 19.0. The molecule has 0 saturated heterocycles. The van der Waals surface area contributed by atoms with Crippen LogP contribution in [0.15, 0.2) is 59.7 Å². The summed E-state index contributed by atoms with van der Waals surface area (Å²) in [6, 6.07) is 16.5. The highest BCUT2D eigenvalue weighted by atomic mass is 35.5. The average molecular weight is 460 g/mol. The summed E-state index contributed by atoms with van der Waals surface area (Å²) in [6.45, 7) is 2.05. The number of phenols is 1. The molecular weight excluding hydrogens is 443 g/mol. The number of hydrazone groups is 1. The maximum Gasteiger partial charge on any atom is 0.217 e. The second kappa shape index (κ2) is 7.38. The normalized spacial score (nSPS) is 19.7. The van der Waals surface area contributed by atoms with Gasteiger partial charge in [-0.15, -0.1) is 0 Å². The van der Waals surface area contributed by atoms with Crippen LogP contribution in [0.5, 0.6) is 11.5 Å². The summed E-state index contributed by atoms with van der Waals surface area (Å²) in [5.74, 6) is 0.628. The minimum atomic E-state index is -0.678. The first kappa shape index (κ1) is 19.6. The summed E-state index contributed by atoms with van der Waals surface area (Å²) < 4.78 is 6.27. The zero-order valence-corrected chi connectivity index (χ0v) is 18.2. The SMILES string of the molecule is Cc1ccc(C2=NN3[C@H](C2)c2cc(Cl)cc(Cl)c2O[C@@H]3c2cc(Cl)ccc2O)cc1. The number of rotatable bonds is 2. The number of nitrogens with zero attached hydrogens (tertiary/aromatic N) is 2. The van der Waals surface area contributed by atoms with Gasteiger partial charge in [0.05, 0.1) is 22.3 Å². The lowest BCUT2D eigenvalue weighted by atomic mass is 9.95. The van der Waals surface area contributed by atoms with Gasteiger partial charge in [0.1, 0.15) is 11.5 Å². The Hall–Kier alpha value is -2.40. The van der Waals surface area contributed by atoms with Gasteiger partial charge in [-0.3, -0.25) is 0 Å². The van der Waals surface area contributed by atoms with Crippen LogP contribution in [-0.4, -0.2) is 15.8 Å². The van der Waals surface area contributed by atoms with E-state index < -0.39 is 6.23 Å². The van der Waals surface area contributed by atoms with E-state index in [0.29, 0.717) is 32.8 Å². The number of halogens is 3. The fourth-order valence-corrected chi connectivity index (χ4v) is 4.70. The maximum atomic E-state index is 10.5. The van der Waals surface area contributed by atoms with Crippen LogP contribution in [0.2, 0.25) is 15.1 Å². The highest BCUT2D eigenvalue weighted by Crippen LogP contribution is 2.51. The molecule has 0 amide bonds. The zero-order chi connectivity index (χ0) is 21.0. The number of hydrogen-bond acceptors (Lipinski definition) is 4. The molecular formula is C23H17Cl3N2O2. The summed E-state index contributed by atoms with van der Waals surface area (Å²) in [5, 5.41) is 18.7. The molecule has 0 fully saturated rings. The minimum Gasteiger partial charge on any atom is -0.507 e. The molecule has 2 aliphatic rings. The molecule has 30 heavy (non-hydrogen) atoms. The highest BCUT2D eigenvalue weighted by molar-refractivity contribution is 6.35. The summed E-state index contributed by atoms with van der Waals surface area (Å²) in [5.41, 5.74) is 4.55. The molecule has 0 aliphatic carbocycles. The molecule has 0 bridgehead atoms. The number of benzene rings is 3. The molecule has 3 aromatic carbocycles. The van der Waals surface area contributed by atoms with Crippen molar-refractivity contribution >= 4 is 40.5 Å². The molecule has 0 spiro atoms. The van der Waals surface area contributed by atoms with Gasteiger partial charge < -0.3 is 9.84 Å². The van der Waals surface area contributed by atoms with Gasteiger partial charge in [-0.1, -0.05) is 64.6 Å². The third kappa shape index (κ3) is 3.29. The Morgan fingerprint density at radius 1 is 0.967 bits per heavy atom. The molecule has 2 heterocycles. The van der Waals surface area contributed by atoms with Gasteiger partial charge in [-0.05, 0) is 42.8 Å². The minimum absolute atomic E-state index is 0.0793. The molecule has 3 aromatic rings. The predicted octanol–water partition coefficient (Wildman–Crippen LogP) is 6.90. The van der Waals surface area contributed by atoms with Crippen molar-refractivity contribution < 1.29 is 9.84 Å². The highest BCUT2D eigenvalue weighted by Gasteiger charge is 2.43. The van der Waals surface area contributed by atoms with Crippen LogP contribution in [0.25, 0.3) is 0 Å². The number of ether oxygens (including phenoxy) is 1. The average Bonchev–Trinajstić information content (AvgIpc) is 3.16. The predicted molar refractivity (Wildman–Crippen MR) is 120 cm³/mol. The summed E-state index contributed by atoms with van der Waals surface area (Å²) in [6.07, 6.45) is -0.0173. The Kier molecular flexibility index (Phi) is 4.81. The van der Waals surface area contributed by atoms with Crippen LogP contribution in [0.4, 0.5) is 0 Å². The van der Waals surface area contributed by atoms with Gasteiger partial charge in [0, 0.05) is 22.0 Å². The van der Waals surface area contributed by atoms with E-state index in [2.05, 4.69) is 31.2 Å². The number of fused-ring (bicyclic) bond motifs is 3. The topological polar surface area (TPSA) is 45.1 Å². The van der Waals surface area contributed by atoms with E-state index >= 15 is 0 Å². The second-order valence-corrected chi connectivity index (χ2v) is 8.77. The Morgan fingerprint density at radius 3 is 2.47 bits per heavy atom. The first-order valence-corrected chi connectivity index (χ1v) is 10.6. The van der Waals surface area contributed by atoms with Crippen LogP contribution in [0.1, 0.15) is 40.9 Å². The summed E-state index contributed by atoms with van der Waals surface area (Å²) in [4.78, 5) is 0. The molecule has 1 N–H and O–H groups in total. The number of aromatic hydroxyl groups is 1. The van der Waals surface area contributed by atoms with Gasteiger partial charge in [0.2, 0.25) is 6.23 Å². The van der Waals surface area contributed by atoms with E-state index in [1.54, 1.807) is 24.3 Å². The van der Waals surface area contributed by atoms with E-state index in [4.69, 9.17) is 44.6 Å². The Morgan fingerprint density at radius 2 is 1.70 bits per heavy atom. The quantitative estimate of drug-likeness (QED) is 0.453. The van der Waals surface area contributed by atoms with Crippen LogP contribution in [0, 0.1) is 6.92 Å². The zero-order valence-electron chi connectivity index (χ0n) is 15.9. The van der Waals surface area contributed by atoms with Crippen molar-refractivity contribution in [3.8, 4) is 11.5 Å². The lowest BCUT2D eigenvalue weighted by Gasteiger charge is -2.38. The maximum absolute atomic E-state index is 10.5. The lowest BCUT2D eigenvalue weighted by Crippen LogP contribution is -2.34. The monoisotopic (exact) mass is 458 g/mol. The molecule has 0 unspecified atom stereocenters. The second-order valence-electron chi connectivity index (χ2n) is 7.49. The smallest absolute Gasteiger partial charge is 0.217 e. The van der Waals surface area contributed by atoms with Crippen LogP contribution >= 0.6 is 34.8 Å². The lowest BCUT2D eigenvalue weighted by molar-refractivity contribution is -0.0202. The van der Waals surface area contributed by atoms with Crippen molar-refractivity contribution in [2.75, 3.05) is 0 Å². The number of aryl methyl sites for hydroxylation is 1. The molecule has 0 aromatic heterocycles. The molecule has 5 rings (SSSR count). The van der Waals surface area contributed by atoms with E-state index in [9.17, 15) is 5.11 Å². The fourth-order valence-electron chi connectivity index (χ4n) is 3.96.